The molecule has 0 bridgehead atoms. The number of nitrogens with zero attached hydrogens (tertiary/aromatic N) is 2. The van der Waals surface area contributed by atoms with Crippen LogP contribution in [0.5, 0.6) is 0 Å². The molecule has 24 heavy (non-hydrogen) atoms. The summed E-state index contributed by atoms with van der Waals surface area (Å²) in [6.07, 6.45) is 0. The molecule has 128 valence electrons. The van der Waals surface area contributed by atoms with Crippen LogP contribution < -0.4 is 4.90 Å². The van der Waals surface area contributed by atoms with Crippen LogP contribution in [0.2, 0.25) is 10.0 Å². The van der Waals surface area contributed by atoms with Crippen molar-refractivity contribution in [3.63, 3.8) is 0 Å². The molecule has 0 atom stereocenters. The van der Waals surface area contributed by atoms with Crippen molar-refractivity contribution in [2.24, 2.45) is 0 Å². The van der Waals surface area contributed by atoms with Gasteiger partial charge in [0.2, 0.25) is 10.0 Å². The SMILES string of the molecule is O=S(=O)(c1ccc(Cl)cc1F)N1CCN(c2ccccc2Cl)CC1. The van der Waals surface area contributed by atoms with Gasteiger partial charge in [0, 0.05) is 31.2 Å². The van der Waals surface area contributed by atoms with E-state index in [1.54, 1.807) is 6.07 Å². The molecule has 0 aromatic heterocycles. The lowest BCUT2D eigenvalue weighted by atomic mass is 10.2. The molecule has 0 N–H and O–H groups in total. The summed E-state index contributed by atoms with van der Waals surface area (Å²) in [5.74, 6) is -0.837. The van der Waals surface area contributed by atoms with Crippen molar-refractivity contribution in [1.82, 2.24) is 4.31 Å². The number of halogens is 3. The van der Waals surface area contributed by atoms with E-state index in [0.717, 1.165) is 11.8 Å². The van der Waals surface area contributed by atoms with Crippen molar-refractivity contribution in [2.45, 2.75) is 4.90 Å². The van der Waals surface area contributed by atoms with Gasteiger partial charge in [-0.15, -0.1) is 0 Å². The van der Waals surface area contributed by atoms with Crippen molar-refractivity contribution in [2.75, 3.05) is 31.1 Å². The molecule has 1 fully saturated rings. The van der Waals surface area contributed by atoms with Gasteiger partial charge in [0.1, 0.15) is 10.7 Å². The van der Waals surface area contributed by atoms with Crippen LogP contribution in [-0.4, -0.2) is 38.9 Å². The van der Waals surface area contributed by atoms with Gasteiger partial charge in [-0.2, -0.15) is 4.31 Å². The summed E-state index contributed by atoms with van der Waals surface area (Å²) in [6, 6.07) is 11.0. The molecule has 1 aliphatic heterocycles. The van der Waals surface area contributed by atoms with Crippen molar-refractivity contribution in [1.29, 1.82) is 0 Å². The Bertz CT molecular complexity index is 853. The standard InChI is InChI=1S/C16H15Cl2FN2O2S/c17-12-5-6-16(14(19)11-12)24(22,23)21-9-7-20(8-10-21)15-4-2-1-3-13(15)18/h1-6,11H,7-10H2. The predicted octanol–water partition coefficient (Wildman–Crippen LogP) is 3.64. The second kappa shape index (κ2) is 6.88. The molecular weight excluding hydrogens is 374 g/mol. The highest BCUT2D eigenvalue weighted by Crippen LogP contribution is 2.28. The fraction of sp³-hybridized carbons (Fsp3) is 0.250. The Morgan fingerprint density at radius 1 is 0.958 bits per heavy atom. The number of para-hydroxylation sites is 1. The Hall–Kier alpha value is -1.34. The Balaban J connectivity index is 1.78. The smallest absolute Gasteiger partial charge is 0.246 e. The van der Waals surface area contributed by atoms with E-state index in [0.29, 0.717) is 18.1 Å². The van der Waals surface area contributed by atoms with Crippen LogP contribution in [0.3, 0.4) is 0 Å². The molecule has 1 heterocycles. The van der Waals surface area contributed by atoms with Crippen molar-refractivity contribution in [3.8, 4) is 0 Å². The summed E-state index contributed by atoms with van der Waals surface area (Å²) in [7, 11) is -3.89. The number of hydrogen-bond donors (Lipinski definition) is 0. The van der Waals surface area contributed by atoms with E-state index in [-0.39, 0.29) is 23.0 Å². The number of rotatable bonds is 3. The lowest BCUT2D eigenvalue weighted by Gasteiger charge is -2.35. The third-order valence-electron chi connectivity index (χ3n) is 3.94. The van der Waals surface area contributed by atoms with Crippen LogP contribution in [0.1, 0.15) is 0 Å². The van der Waals surface area contributed by atoms with Crippen LogP contribution in [0.15, 0.2) is 47.4 Å². The third-order valence-corrected chi connectivity index (χ3v) is 6.43. The molecule has 0 saturated carbocycles. The van der Waals surface area contributed by atoms with E-state index in [4.69, 9.17) is 23.2 Å². The first-order chi connectivity index (χ1) is 11.4. The molecular formula is C16H15Cl2FN2O2S. The number of anilines is 1. The van der Waals surface area contributed by atoms with Crippen LogP contribution in [-0.2, 0) is 10.0 Å². The number of sulfonamides is 1. The van der Waals surface area contributed by atoms with Crippen molar-refractivity contribution >= 4 is 38.9 Å². The van der Waals surface area contributed by atoms with Gasteiger partial charge in [-0.25, -0.2) is 12.8 Å². The Kier molecular flexibility index (Phi) is 5.01. The highest BCUT2D eigenvalue weighted by Gasteiger charge is 2.31. The second-order valence-corrected chi connectivity index (χ2v) is 8.17. The molecule has 2 aromatic rings. The van der Waals surface area contributed by atoms with E-state index >= 15 is 0 Å². The maximum absolute atomic E-state index is 14.0. The van der Waals surface area contributed by atoms with Crippen LogP contribution >= 0.6 is 23.2 Å². The van der Waals surface area contributed by atoms with Gasteiger partial charge in [-0.3, -0.25) is 0 Å². The number of piperazine rings is 1. The molecule has 0 aliphatic carbocycles. The van der Waals surface area contributed by atoms with E-state index in [1.165, 1.54) is 16.4 Å². The summed E-state index contributed by atoms with van der Waals surface area (Å²) >= 11 is 11.9. The Labute approximate surface area is 150 Å². The fourth-order valence-electron chi connectivity index (χ4n) is 2.70. The van der Waals surface area contributed by atoms with Crippen LogP contribution in [0, 0.1) is 5.82 Å². The molecule has 2 aromatic carbocycles. The van der Waals surface area contributed by atoms with E-state index < -0.39 is 15.8 Å². The minimum absolute atomic E-state index is 0.162. The Morgan fingerprint density at radius 3 is 2.25 bits per heavy atom. The highest BCUT2D eigenvalue weighted by atomic mass is 35.5. The number of benzene rings is 2. The van der Waals surface area contributed by atoms with E-state index in [2.05, 4.69) is 0 Å². The Morgan fingerprint density at radius 2 is 1.62 bits per heavy atom. The topological polar surface area (TPSA) is 40.6 Å². The van der Waals surface area contributed by atoms with Gasteiger partial charge < -0.3 is 4.90 Å². The van der Waals surface area contributed by atoms with Crippen molar-refractivity contribution in [3.05, 3.63) is 58.3 Å². The molecule has 4 nitrogen and oxygen atoms in total. The van der Waals surface area contributed by atoms with Crippen LogP contribution in [0.25, 0.3) is 0 Å². The second-order valence-electron chi connectivity index (χ2n) is 5.42. The monoisotopic (exact) mass is 388 g/mol. The molecule has 0 amide bonds. The zero-order chi connectivity index (χ0) is 17.3. The summed E-state index contributed by atoms with van der Waals surface area (Å²) in [4.78, 5) is 1.67. The van der Waals surface area contributed by atoms with Gasteiger partial charge in [-0.05, 0) is 30.3 Å². The summed E-state index contributed by atoms with van der Waals surface area (Å²) in [5, 5.41) is 0.785. The van der Waals surface area contributed by atoms with Crippen molar-refractivity contribution < 1.29 is 12.8 Å². The van der Waals surface area contributed by atoms with Gasteiger partial charge >= 0.3 is 0 Å². The molecule has 0 unspecified atom stereocenters. The first-order valence-electron chi connectivity index (χ1n) is 7.34. The van der Waals surface area contributed by atoms with Crippen LogP contribution in [0.4, 0.5) is 10.1 Å². The first kappa shape index (κ1) is 17.5. The summed E-state index contributed by atoms with van der Waals surface area (Å²) in [5.41, 5.74) is 0.869. The van der Waals surface area contributed by atoms with Gasteiger partial charge in [0.25, 0.3) is 0 Å². The maximum atomic E-state index is 14.0. The summed E-state index contributed by atoms with van der Waals surface area (Å²) < 4.78 is 40.5. The normalized spacial score (nSPS) is 16.4. The quantitative estimate of drug-likeness (QED) is 0.805. The largest absolute Gasteiger partial charge is 0.368 e. The zero-order valence-electron chi connectivity index (χ0n) is 12.6. The molecule has 1 aliphatic rings. The van der Waals surface area contributed by atoms with Gasteiger partial charge in [0.15, 0.2) is 0 Å². The fourth-order valence-corrected chi connectivity index (χ4v) is 4.58. The minimum atomic E-state index is -3.89. The van der Waals surface area contributed by atoms with Gasteiger partial charge in [-0.1, -0.05) is 35.3 Å². The molecule has 8 heteroatoms. The van der Waals surface area contributed by atoms with Gasteiger partial charge in [0.05, 0.1) is 10.7 Å². The summed E-state index contributed by atoms with van der Waals surface area (Å²) in [6.45, 7) is 1.49. The van der Waals surface area contributed by atoms with E-state index in [1.807, 2.05) is 23.1 Å². The molecule has 0 radical (unpaired) electrons. The average Bonchev–Trinajstić information content (AvgIpc) is 2.55. The first-order valence-corrected chi connectivity index (χ1v) is 9.54. The predicted molar refractivity (Wildman–Crippen MR) is 93.8 cm³/mol. The molecule has 3 rings (SSSR count). The van der Waals surface area contributed by atoms with E-state index in [9.17, 15) is 12.8 Å². The molecule has 0 spiro atoms. The minimum Gasteiger partial charge on any atom is -0.368 e. The number of hydrogen-bond acceptors (Lipinski definition) is 3. The zero-order valence-corrected chi connectivity index (χ0v) is 15.0. The lowest BCUT2D eigenvalue weighted by molar-refractivity contribution is 0.382. The average molecular weight is 389 g/mol. The maximum Gasteiger partial charge on any atom is 0.246 e. The molecule has 1 saturated heterocycles. The lowest BCUT2D eigenvalue weighted by Crippen LogP contribution is -2.48. The highest BCUT2D eigenvalue weighted by molar-refractivity contribution is 7.89. The third kappa shape index (κ3) is 3.37.